The Bertz CT molecular complexity index is 1070. The minimum Gasteiger partial charge on any atom is -0.508 e. The van der Waals surface area contributed by atoms with E-state index in [2.05, 4.69) is 0 Å². The summed E-state index contributed by atoms with van der Waals surface area (Å²) >= 11 is 0. The van der Waals surface area contributed by atoms with E-state index in [0.717, 1.165) is 16.8 Å². The Hall–Kier alpha value is -3.64. The first-order chi connectivity index (χ1) is 14.6. The number of hydrogen-bond donors (Lipinski definition) is 1. The summed E-state index contributed by atoms with van der Waals surface area (Å²) < 4.78 is 0. The number of para-hydroxylation sites is 1. The summed E-state index contributed by atoms with van der Waals surface area (Å²) in [5.41, 5.74) is 2.45. The topological polar surface area (TPSA) is 70.1 Å². The van der Waals surface area contributed by atoms with Gasteiger partial charge in [-0.15, -0.1) is 0 Å². The van der Waals surface area contributed by atoms with Crippen LogP contribution in [0.3, 0.4) is 0 Å². The van der Waals surface area contributed by atoms with Crippen molar-refractivity contribution in [1.29, 1.82) is 0 Å². The highest BCUT2D eigenvalue weighted by Gasteiger charge is 2.59. The van der Waals surface area contributed by atoms with Crippen molar-refractivity contribution < 1.29 is 19.5 Å². The number of nitrogens with zero attached hydrogens (tertiary/aromatic N) is 2. The number of fused-ring (bicyclic) bond motifs is 1. The molecule has 0 aromatic heterocycles. The second-order valence-corrected chi connectivity index (χ2v) is 7.50. The van der Waals surface area contributed by atoms with E-state index >= 15 is 0 Å². The summed E-state index contributed by atoms with van der Waals surface area (Å²) in [5, 5.41) is 11.3. The van der Waals surface area contributed by atoms with Crippen LogP contribution >= 0.6 is 0 Å². The number of imide groups is 1. The van der Waals surface area contributed by atoms with Crippen molar-refractivity contribution in [2.75, 3.05) is 5.06 Å². The van der Waals surface area contributed by atoms with Gasteiger partial charge in [0.25, 0.3) is 5.91 Å². The molecule has 0 aliphatic carbocycles. The van der Waals surface area contributed by atoms with Crippen molar-refractivity contribution in [3.8, 4) is 5.75 Å². The summed E-state index contributed by atoms with van der Waals surface area (Å²) in [6.45, 7) is 0.225. The van der Waals surface area contributed by atoms with Gasteiger partial charge >= 0.3 is 0 Å². The molecule has 0 spiro atoms. The van der Waals surface area contributed by atoms with Crippen LogP contribution in [0.2, 0.25) is 0 Å². The number of aromatic hydroxyl groups is 1. The molecule has 0 saturated carbocycles. The molecule has 2 aliphatic rings. The molecule has 0 bridgehead atoms. The number of hydrogen-bond acceptors (Lipinski definition) is 5. The van der Waals surface area contributed by atoms with Crippen LogP contribution in [0.5, 0.6) is 5.75 Å². The molecule has 6 nitrogen and oxygen atoms in total. The average molecular weight is 400 g/mol. The third-order valence-corrected chi connectivity index (χ3v) is 5.64. The number of likely N-dealkylation sites (tertiary alicyclic amines) is 1. The Balaban J connectivity index is 1.52. The van der Waals surface area contributed by atoms with E-state index in [9.17, 15) is 14.7 Å². The molecule has 5 rings (SSSR count). The van der Waals surface area contributed by atoms with Crippen LogP contribution in [0, 0.1) is 5.92 Å². The SMILES string of the molecule is O=C1[C@H]2[C@H](ON(c3ccccc3)[C@H]2c2ccc(O)cc2)C(=O)N1Cc1ccccc1. The smallest absolute Gasteiger partial charge is 0.262 e. The zero-order valence-electron chi connectivity index (χ0n) is 16.1. The minimum atomic E-state index is -0.875. The highest BCUT2D eigenvalue weighted by atomic mass is 16.7. The van der Waals surface area contributed by atoms with E-state index in [1.165, 1.54) is 4.90 Å². The van der Waals surface area contributed by atoms with Crippen molar-refractivity contribution in [3.63, 3.8) is 0 Å². The van der Waals surface area contributed by atoms with E-state index in [4.69, 9.17) is 4.84 Å². The van der Waals surface area contributed by atoms with Gasteiger partial charge in [0, 0.05) is 0 Å². The fraction of sp³-hybridized carbons (Fsp3) is 0.167. The standard InChI is InChI=1S/C24H20N2O4/c27-19-13-11-17(12-14-19)21-20-22(30-26(21)18-9-5-2-6-10-18)24(29)25(23(20)28)15-16-7-3-1-4-8-16/h1-14,20-22,27H,15H2/t20-,21+,22+/m1/s1. The number of benzene rings is 3. The third kappa shape index (κ3) is 3.02. The number of carbonyl (C=O) groups is 2. The first kappa shape index (κ1) is 18.4. The molecular weight excluding hydrogens is 380 g/mol. The number of carbonyl (C=O) groups excluding carboxylic acids is 2. The monoisotopic (exact) mass is 400 g/mol. The lowest BCUT2D eigenvalue weighted by Crippen LogP contribution is -2.36. The molecule has 150 valence electrons. The van der Waals surface area contributed by atoms with E-state index in [-0.39, 0.29) is 24.1 Å². The maximum absolute atomic E-state index is 13.4. The van der Waals surface area contributed by atoms with Gasteiger partial charge in [-0.3, -0.25) is 19.3 Å². The van der Waals surface area contributed by atoms with Gasteiger partial charge in [-0.05, 0) is 35.4 Å². The van der Waals surface area contributed by atoms with E-state index in [0.29, 0.717) is 0 Å². The number of phenolic OH excluding ortho intramolecular Hbond substituents is 1. The molecule has 2 aliphatic heterocycles. The first-order valence-corrected chi connectivity index (χ1v) is 9.82. The van der Waals surface area contributed by atoms with Gasteiger partial charge in [0.1, 0.15) is 11.7 Å². The van der Waals surface area contributed by atoms with Gasteiger partial charge in [-0.2, -0.15) is 0 Å². The Labute approximate surface area is 173 Å². The molecule has 3 aromatic carbocycles. The van der Waals surface area contributed by atoms with E-state index < -0.39 is 18.1 Å². The van der Waals surface area contributed by atoms with Crippen LogP contribution in [-0.4, -0.2) is 27.9 Å². The van der Waals surface area contributed by atoms with Crippen LogP contribution in [0.1, 0.15) is 17.2 Å². The summed E-state index contributed by atoms with van der Waals surface area (Å²) in [7, 11) is 0. The normalized spacial score (nSPS) is 23.1. The number of anilines is 1. The second kappa shape index (κ2) is 7.31. The first-order valence-electron chi connectivity index (χ1n) is 9.82. The fourth-order valence-electron chi connectivity index (χ4n) is 4.20. The average Bonchev–Trinajstić information content (AvgIpc) is 3.28. The Morgan fingerprint density at radius 3 is 2.10 bits per heavy atom. The lowest BCUT2D eigenvalue weighted by molar-refractivity contribution is -0.143. The zero-order chi connectivity index (χ0) is 20.7. The molecule has 2 amide bonds. The van der Waals surface area contributed by atoms with Gasteiger partial charge in [0.05, 0.1) is 18.3 Å². The molecule has 2 fully saturated rings. The van der Waals surface area contributed by atoms with Crippen LogP contribution in [-0.2, 0) is 21.0 Å². The lowest BCUT2D eigenvalue weighted by atomic mass is 9.90. The Kier molecular flexibility index (Phi) is 4.48. The summed E-state index contributed by atoms with van der Waals surface area (Å²) in [6, 6.07) is 25.1. The van der Waals surface area contributed by atoms with Gasteiger partial charge in [-0.25, -0.2) is 5.06 Å². The van der Waals surface area contributed by atoms with Crippen molar-refractivity contribution in [2.45, 2.75) is 18.7 Å². The predicted molar refractivity (Wildman–Crippen MR) is 110 cm³/mol. The molecule has 2 saturated heterocycles. The lowest BCUT2D eigenvalue weighted by Gasteiger charge is -2.28. The zero-order valence-corrected chi connectivity index (χ0v) is 16.1. The van der Waals surface area contributed by atoms with Crippen molar-refractivity contribution in [1.82, 2.24) is 4.90 Å². The molecule has 3 atom stereocenters. The van der Waals surface area contributed by atoms with Crippen LogP contribution in [0.25, 0.3) is 0 Å². The van der Waals surface area contributed by atoms with Gasteiger partial charge in [0.2, 0.25) is 5.91 Å². The molecule has 0 unspecified atom stereocenters. The van der Waals surface area contributed by atoms with Gasteiger partial charge in [0.15, 0.2) is 6.10 Å². The quantitative estimate of drug-likeness (QED) is 0.680. The molecule has 0 radical (unpaired) electrons. The maximum Gasteiger partial charge on any atom is 0.262 e. The minimum absolute atomic E-state index is 0.139. The fourth-order valence-corrected chi connectivity index (χ4v) is 4.20. The van der Waals surface area contributed by atoms with Crippen LogP contribution in [0.15, 0.2) is 84.9 Å². The number of hydroxylamine groups is 1. The Morgan fingerprint density at radius 2 is 1.43 bits per heavy atom. The van der Waals surface area contributed by atoms with Crippen molar-refractivity contribution in [2.24, 2.45) is 5.92 Å². The Morgan fingerprint density at radius 1 is 0.800 bits per heavy atom. The van der Waals surface area contributed by atoms with Gasteiger partial charge in [-0.1, -0.05) is 60.7 Å². The van der Waals surface area contributed by atoms with E-state index in [1.807, 2.05) is 60.7 Å². The number of rotatable bonds is 4. The highest BCUT2D eigenvalue weighted by molar-refractivity contribution is 6.07. The van der Waals surface area contributed by atoms with Crippen LogP contribution < -0.4 is 5.06 Å². The molecular formula is C24H20N2O4. The van der Waals surface area contributed by atoms with Crippen LogP contribution in [0.4, 0.5) is 5.69 Å². The molecule has 1 N–H and O–H groups in total. The number of phenols is 1. The summed E-state index contributed by atoms with van der Waals surface area (Å²) in [5.74, 6) is -1.09. The largest absolute Gasteiger partial charge is 0.508 e. The third-order valence-electron chi connectivity index (χ3n) is 5.64. The van der Waals surface area contributed by atoms with E-state index in [1.54, 1.807) is 29.3 Å². The predicted octanol–water partition coefficient (Wildman–Crippen LogP) is 3.44. The molecule has 6 heteroatoms. The highest BCUT2D eigenvalue weighted by Crippen LogP contribution is 2.47. The maximum atomic E-state index is 13.4. The van der Waals surface area contributed by atoms with Crippen molar-refractivity contribution >= 4 is 17.5 Å². The second-order valence-electron chi connectivity index (χ2n) is 7.50. The molecule has 3 aromatic rings. The van der Waals surface area contributed by atoms with Gasteiger partial charge < -0.3 is 5.11 Å². The summed E-state index contributed by atoms with van der Waals surface area (Å²) in [4.78, 5) is 33.9. The van der Waals surface area contributed by atoms with Crippen molar-refractivity contribution in [3.05, 3.63) is 96.1 Å². The number of amides is 2. The molecule has 2 heterocycles. The summed E-state index contributed by atoms with van der Waals surface area (Å²) in [6.07, 6.45) is -0.875. The molecule has 30 heavy (non-hydrogen) atoms.